The van der Waals surface area contributed by atoms with Crippen molar-refractivity contribution in [2.45, 2.75) is 18.9 Å². The van der Waals surface area contributed by atoms with Crippen molar-refractivity contribution in [1.29, 1.82) is 0 Å². The Balaban J connectivity index is 1.74. The minimum Gasteiger partial charge on any atom is -0.455 e. The number of anilines is 1. The van der Waals surface area contributed by atoms with Crippen molar-refractivity contribution in [3.05, 3.63) is 102 Å². The Bertz CT molecular complexity index is 1010. The predicted octanol–water partition coefficient (Wildman–Crippen LogP) is 3.70. The lowest BCUT2D eigenvalue weighted by Crippen LogP contribution is -2.39. The van der Waals surface area contributed by atoms with E-state index in [1.54, 1.807) is 91.9 Å². The Morgan fingerprint density at radius 2 is 1.35 bits per heavy atom. The fraction of sp³-hybridized carbons (Fsp3) is 0.160. The maximum atomic E-state index is 12.9. The summed E-state index contributed by atoms with van der Waals surface area (Å²) in [6.07, 6.45) is 0.350. The van der Waals surface area contributed by atoms with Crippen LogP contribution in [0.15, 0.2) is 84.9 Å². The second kappa shape index (κ2) is 9.82. The van der Waals surface area contributed by atoms with Gasteiger partial charge in [0.05, 0.1) is 0 Å². The molecule has 0 radical (unpaired) electrons. The molecular weight excluding hydrogens is 394 g/mol. The number of aliphatic hydroxyl groups is 1. The summed E-state index contributed by atoms with van der Waals surface area (Å²) >= 11 is 0. The standard InChI is InChI=1S/C25H23NO5/c1-2-23(28)26-21-15-13-18(14-16-21)22(27)17-31-24(29)25(30,19-9-5-3-6-10-19)20-11-7-4-8-12-20/h3-16,30H,2,17H2,1H3,(H,26,28). The molecule has 0 atom stereocenters. The number of carbonyl (C=O) groups excluding carboxylic acids is 3. The number of Topliss-reactive ketones (excluding diaryl/α,β-unsaturated/α-hetero) is 1. The van der Waals surface area contributed by atoms with Crippen LogP contribution in [-0.2, 0) is 19.9 Å². The molecule has 0 aliphatic rings. The van der Waals surface area contributed by atoms with Gasteiger partial charge in [-0.2, -0.15) is 0 Å². The van der Waals surface area contributed by atoms with E-state index in [2.05, 4.69) is 5.32 Å². The predicted molar refractivity (Wildman–Crippen MR) is 117 cm³/mol. The molecule has 0 aromatic heterocycles. The minimum absolute atomic E-state index is 0.130. The van der Waals surface area contributed by atoms with Gasteiger partial charge in [0.2, 0.25) is 11.5 Å². The van der Waals surface area contributed by atoms with Gasteiger partial charge in [0.15, 0.2) is 12.4 Å². The van der Waals surface area contributed by atoms with Crippen LogP contribution in [0.1, 0.15) is 34.8 Å². The molecule has 3 aromatic rings. The molecule has 1 amide bonds. The topological polar surface area (TPSA) is 92.7 Å². The van der Waals surface area contributed by atoms with Gasteiger partial charge >= 0.3 is 5.97 Å². The summed E-state index contributed by atoms with van der Waals surface area (Å²) in [5.41, 5.74) is -0.464. The highest BCUT2D eigenvalue weighted by atomic mass is 16.6. The van der Waals surface area contributed by atoms with Crippen LogP contribution in [-0.4, -0.2) is 29.4 Å². The highest BCUT2D eigenvalue weighted by Crippen LogP contribution is 2.31. The molecule has 0 fully saturated rings. The van der Waals surface area contributed by atoms with Crippen LogP contribution in [0.5, 0.6) is 0 Å². The van der Waals surface area contributed by atoms with Gasteiger partial charge in [-0.3, -0.25) is 9.59 Å². The van der Waals surface area contributed by atoms with Crippen LogP contribution in [0.2, 0.25) is 0 Å². The van der Waals surface area contributed by atoms with Gasteiger partial charge in [0, 0.05) is 17.7 Å². The van der Waals surface area contributed by atoms with Crippen molar-refractivity contribution >= 4 is 23.3 Å². The number of benzene rings is 3. The van der Waals surface area contributed by atoms with E-state index < -0.39 is 24.0 Å². The molecule has 6 nitrogen and oxygen atoms in total. The number of ether oxygens (including phenoxy) is 1. The monoisotopic (exact) mass is 417 g/mol. The number of amides is 1. The molecule has 0 heterocycles. The van der Waals surface area contributed by atoms with Gasteiger partial charge in [0.25, 0.3) is 0 Å². The zero-order valence-corrected chi connectivity index (χ0v) is 17.1. The largest absolute Gasteiger partial charge is 0.455 e. The lowest BCUT2D eigenvalue weighted by atomic mass is 9.86. The van der Waals surface area contributed by atoms with Gasteiger partial charge in [-0.25, -0.2) is 4.79 Å². The van der Waals surface area contributed by atoms with Crippen molar-refractivity contribution in [3.8, 4) is 0 Å². The van der Waals surface area contributed by atoms with Crippen molar-refractivity contribution in [2.24, 2.45) is 0 Å². The number of hydrogen-bond acceptors (Lipinski definition) is 5. The summed E-state index contributed by atoms with van der Waals surface area (Å²) < 4.78 is 5.24. The molecule has 0 bridgehead atoms. The van der Waals surface area contributed by atoms with Crippen LogP contribution < -0.4 is 5.32 Å². The quantitative estimate of drug-likeness (QED) is 0.431. The number of hydrogen-bond donors (Lipinski definition) is 2. The molecule has 3 aromatic carbocycles. The van der Waals surface area contributed by atoms with Crippen molar-refractivity contribution in [3.63, 3.8) is 0 Å². The van der Waals surface area contributed by atoms with E-state index in [0.717, 1.165) is 0 Å². The third-order valence-electron chi connectivity index (χ3n) is 4.82. The molecule has 158 valence electrons. The molecule has 0 aliphatic carbocycles. The van der Waals surface area contributed by atoms with Crippen molar-refractivity contribution < 1.29 is 24.2 Å². The normalized spacial score (nSPS) is 10.9. The maximum Gasteiger partial charge on any atom is 0.348 e. The van der Waals surface area contributed by atoms with E-state index in [9.17, 15) is 19.5 Å². The number of rotatable bonds is 8. The fourth-order valence-electron chi connectivity index (χ4n) is 3.07. The van der Waals surface area contributed by atoms with Crippen LogP contribution in [0.3, 0.4) is 0 Å². The van der Waals surface area contributed by atoms with Gasteiger partial charge in [0.1, 0.15) is 0 Å². The summed E-state index contributed by atoms with van der Waals surface area (Å²) in [6.45, 7) is 1.22. The van der Waals surface area contributed by atoms with Gasteiger partial charge in [-0.05, 0) is 35.4 Å². The average Bonchev–Trinajstić information content (AvgIpc) is 2.83. The SMILES string of the molecule is CCC(=O)Nc1ccc(C(=O)COC(=O)C(O)(c2ccccc2)c2ccccc2)cc1. The van der Waals surface area contributed by atoms with E-state index in [4.69, 9.17) is 4.74 Å². The molecule has 0 saturated carbocycles. The van der Waals surface area contributed by atoms with E-state index in [1.165, 1.54) is 0 Å². The first kappa shape index (κ1) is 21.9. The highest BCUT2D eigenvalue weighted by Gasteiger charge is 2.41. The molecule has 0 aliphatic heterocycles. The Morgan fingerprint density at radius 1 is 0.839 bits per heavy atom. The van der Waals surface area contributed by atoms with E-state index >= 15 is 0 Å². The molecule has 0 unspecified atom stereocenters. The zero-order chi connectivity index (χ0) is 22.3. The summed E-state index contributed by atoms with van der Waals surface area (Å²) in [5.74, 6) is -1.50. The fourth-order valence-corrected chi connectivity index (χ4v) is 3.07. The first-order valence-corrected chi connectivity index (χ1v) is 9.89. The van der Waals surface area contributed by atoms with Gasteiger partial charge < -0.3 is 15.2 Å². The Labute approximate surface area is 180 Å². The van der Waals surface area contributed by atoms with Crippen LogP contribution in [0.25, 0.3) is 0 Å². The van der Waals surface area contributed by atoms with Crippen LogP contribution in [0.4, 0.5) is 5.69 Å². The zero-order valence-electron chi connectivity index (χ0n) is 17.1. The average molecular weight is 417 g/mol. The lowest BCUT2D eigenvalue weighted by Gasteiger charge is -2.26. The Hall–Kier alpha value is -3.77. The summed E-state index contributed by atoms with van der Waals surface area (Å²) in [6, 6.07) is 23.2. The smallest absolute Gasteiger partial charge is 0.348 e. The number of nitrogens with one attached hydrogen (secondary N) is 1. The second-order valence-electron chi connectivity index (χ2n) is 6.92. The number of carbonyl (C=O) groups is 3. The minimum atomic E-state index is -2.04. The van der Waals surface area contributed by atoms with Crippen LogP contribution >= 0.6 is 0 Å². The van der Waals surface area contributed by atoms with E-state index in [0.29, 0.717) is 28.8 Å². The molecule has 2 N–H and O–H groups in total. The van der Waals surface area contributed by atoms with Crippen LogP contribution in [0, 0.1) is 0 Å². The summed E-state index contributed by atoms with van der Waals surface area (Å²) in [4.78, 5) is 36.9. The highest BCUT2D eigenvalue weighted by molar-refractivity contribution is 5.99. The second-order valence-corrected chi connectivity index (χ2v) is 6.92. The first-order chi connectivity index (χ1) is 14.9. The lowest BCUT2D eigenvalue weighted by molar-refractivity contribution is -0.160. The third-order valence-corrected chi connectivity index (χ3v) is 4.82. The summed E-state index contributed by atoms with van der Waals surface area (Å²) in [7, 11) is 0. The molecular formula is C25H23NO5. The molecule has 0 saturated heterocycles. The maximum absolute atomic E-state index is 12.9. The molecule has 0 spiro atoms. The van der Waals surface area contributed by atoms with Crippen molar-refractivity contribution in [1.82, 2.24) is 0 Å². The Morgan fingerprint density at radius 3 is 1.84 bits per heavy atom. The first-order valence-electron chi connectivity index (χ1n) is 9.89. The summed E-state index contributed by atoms with van der Waals surface area (Å²) in [5, 5.41) is 14.0. The van der Waals surface area contributed by atoms with E-state index in [-0.39, 0.29) is 5.91 Å². The Kier molecular flexibility index (Phi) is 6.95. The van der Waals surface area contributed by atoms with Gasteiger partial charge in [-0.15, -0.1) is 0 Å². The number of esters is 1. The molecule has 31 heavy (non-hydrogen) atoms. The number of ketones is 1. The van der Waals surface area contributed by atoms with Gasteiger partial charge in [-0.1, -0.05) is 67.6 Å². The molecule has 6 heteroatoms. The van der Waals surface area contributed by atoms with E-state index in [1.807, 2.05) is 0 Å². The third kappa shape index (κ3) is 5.05. The van der Waals surface area contributed by atoms with Crippen molar-refractivity contribution in [2.75, 3.05) is 11.9 Å². The molecule has 3 rings (SSSR count).